The van der Waals surface area contributed by atoms with Gasteiger partial charge in [0.1, 0.15) is 0 Å². The lowest BCUT2D eigenvalue weighted by Crippen LogP contribution is -2.38. The highest BCUT2D eigenvalue weighted by Crippen LogP contribution is 2.11. The van der Waals surface area contributed by atoms with Gasteiger partial charge in [0.15, 0.2) is 0 Å². The lowest BCUT2D eigenvalue weighted by atomic mass is 10.2. The number of thioether (sulfide) groups is 1. The maximum absolute atomic E-state index is 4.32. The second-order valence-electron chi connectivity index (χ2n) is 4.76. The molecule has 1 aliphatic rings. The van der Waals surface area contributed by atoms with Gasteiger partial charge in [-0.05, 0) is 13.8 Å². The molecule has 1 fully saturated rings. The summed E-state index contributed by atoms with van der Waals surface area (Å²) in [5.74, 6) is 2.58. The van der Waals surface area contributed by atoms with Gasteiger partial charge in [-0.3, -0.25) is 4.68 Å². The third-order valence-corrected chi connectivity index (χ3v) is 4.40. The van der Waals surface area contributed by atoms with E-state index in [2.05, 4.69) is 47.1 Å². The molecule has 0 bridgehead atoms. The highest BCUT2D eigenvalue weighted by atomic mass is 32.2. The van der Waals surface area contributed by atoms with Gasteiger partial charge in [-0.25, -0.2) is 0 Å². The van der Waals surface area contributed by atoms with E-state index in [4.69, 9.17) is 0 Å². The monoisotopic (exact) mass is 268 g/mol. The van der Waals surface area contributed by atoms with Crippen molar-refractivity contribution in [1.82, 2.24) is 20.0 Å². The predicted octanol–water partition coefficient (Wildman–Crippen LogP) is 1.60. The Bertz CT molecular complexity index is 347. The Balaban J connectivity index is 1.69. The van der Waals surface area contributed by atoms with Crippen LogP contribution in [0, 0.1) is 0 Å². The number of aryl methyl sites for hydroxylation is 1. The molecule has 1 aromatic heterocycles. The van der Waals surface area contributed by atoms with Crippen molar-refractivity contribution in [3.63, 3.8) is 0 Å². The lowest BCUT2D eigenvalue weighted by Gasteiger charge is -2.26. The topological polar surface area (TPSA) is 33.1 Å². The summed E-state index contributed by atoms with van der Waals surface area (Å²) in [7, 11) is 0. The summed E-state index contributed by atoms with van der Waals surface area (Å²) in [5, 5.41) is 7.90. The molecule has 0 saturated carbocycles. The second-order valence-corrected chi connectivity index (χ2v) is 5.98. The molecule has 0 aromatic carbocycles. The Morgan fingerprint density at radius 3 is 2.89 bits per heavy atom. The molecule has 0 amide bonds. The fourth-order valence-corrected chi connectivity index (χ4v) is 3.14. The first-order chi connectivity index (χ1) is 8.79. The molecular formula is C13H24N4S. The van der Waals surface area contributed by atoms with Crippen LogP contribution < -0.4 is 5.32 Å². The predicted molar refractivity (Wildman–Crippen MR) is 78.1 cm³/mol. The van der Waals surface area contributed by atoms with Crippen LogP contribution in [0.15, 0.2) is 12.4 Å². The van der Waals surface area contributed by atoms with Gasteiger partial charge in [0.25, 0.3) is 0 Å². The molecule has 5 heteroatoms. The van der Waals surface area contributed by atoms with Gasteiger partial charge < -0.3 is 10.2 Å². The first kappa shape index (κ1) is 13.9. The van der Waals surface area contributed by atoms with E-state index in [1.165, 1.54) is 30.2 Å². The Morgan fingerprint density at radius 2 is 2.22 bits per heavy atom. The minimum Gasteiger partial charge on any atom is -0.309 e. The van der Waals surface area contributed by atoms with Crippen LogP contribution >= 0.6 is 11.8 Å². The molecule has 1 aromatic rings. The number of rotatable bonds is 6. The van der Waals surface area contributed by atoms with Gasteiger partial charge in [-0.1, -0.05) is 0 Å². The summed E-state index contributed by atoms with van der Waals surface area (Å²) in [6.07, 6.45) is 4.11. The maximum Gasteiger partial charge on any atom is 0.0537 e. The van der Waals surface area contributed by atoms with Crippen LogP contribution in [0.3, 0.4) is 0 Å². The standard InChI is InChI=1S/C13H24N4S/c1-3-17-11-13(10-15-17)12(2)14-4-5-16-6-8-18-9-7-16/h10-12,14H,3-9H2,1-2H3. The number of hydrogen-bond acceptors (Lipinski definition) is 4. The van der Waals surface area contributed by atoms with Crippen molar-refractivity contribution in [2.24, 2.45) is 0 Å². The van der Waals surface area contributed by atoms with Gasteiger partial charge in [-0.2, -0.15) is 16.9 Å². The van der Waals surface area contributed by atoms with Crippen molar-refractivity contribution in [1.29, 1.82) is 0 Å². The fraction of sp³-hybridized carbons (Fsp3) is 0.769. The highest BCUT2D eigenvalue weighted by Gasteiger charge is 2.11. The van der Waals surface area contributed by atoms with Crippen LogP contribution in [0.25, 0.3) is 0 Å². The highest BCUT2D eigenvalue weighted by molar-refractivity contribution is 7.99. The van der Waals surface area contributed by atoms with E-state index in [1.54, 1.807) is 0 Å². The molecule has 1 atom stereocenters. The van der Waals surface area contributed by atoms with Gasteiger partial charge in [0.05, 0.1) is 6.20 Å². The third-order valence-electron chi connectivity index (χ3n) is 3.46. The zero-order valence-corrected chi connectivity index (χ0v) is 12.2. The van der Waals surface area contributed by atoms with Crippen molar-refractivity contribution in [2.45, 2.75) is 26.4 Å². The average molecular weight is 268 g/mol. The van der Waals surface area contributed by atoms with Crippen LogP contribution in [0.4, 0.5) is 0 Å². The van der Waals surface area contributed by atoms with Crippen molar-refractivity contribution in [3.05, 3.63) is 18.0 Å². The van der Waals surface area contributed by atoms with Crippen LogP contribution in [0.2, 0.25) is 0 Å². The number of aromatic nitrogens is 2. The molecule has 0 aliphatic carbocycles. The van der Waals surface area contributed by atoms with Gasteiger partial charge >= 0.3 is 0 Å². The zero-order valence-electron chi connectivity index (χ0n) is 11.4. The number of nitrogens with zero attached hydrogens (tertiary/aromatic N) is 3. The van der Waals surface area contributed by atoms with E-state index in [1.807, 2.05) is 10.9 Å². The quantitative estimate of drug-likeness (QED) is 0.849. The summed E-state index contributed by atoms with van der Waals surface area (Å²) in [6, 6.07) is 0.393. The molecule has 102 valence electrons. The zero-order chi connectivity index (χ0) is 12.8. The van der Waals surface area contributed by atoms with E-state index in [-0.39, 0.29) is 0 Å². The number of nitrogens with one attached hydrogen (secondary N) is 1. The van der Waals surface area contributed by atoms with E-state index in [0.717, 1.165) is 19.6 Å². The first-order valence-electron chi connectivity index (χ1n) is 6.85. The molecular weight excluding hydrogens is 244 g/mol. The molecule has 1 saturated heterocycles. The van der Waals surface area contributed by atoms with Crippen LogP contribution in [-0.2, 0) is 6.54 Å². The molecule has 1 N–H and O–H groups in total. The van der Waals surface area contributed by atoms with E-state index >= 15 is 0 Å². The first-order valence-corrected chi connectivity index (χ1v) is 8.01. The summed E-state index contributed by atoms with van der Waals surface area (Å²) in [5.41, 5.74) is 1.28. The van der Waals surface area contributed by atoms with Gasteiger partial charge in [-0.15, -0.1) is 0 Å². The molecule has 2 heterocycles. The third kappa shape index (κ3) is 4.00. The summed E-state index contributed by atoms with van der Waals surface area (Å²) >= 11 is 2.07. The van der Waals surface area contributed by atoms with Crippen LogP contribution in [0.1, 0.15) is 25.5 Å². The van der Waals surface area contributed by atoms with E-state index < -0.39 is 0 Å². The Kier molecular flexibility index (Phi) is 5.53. The van der Waals surface area contributed by atoms with Crippen molar-refractivity contribution < 1.29 is 0 Å². The average Bonchev–Trinajstić information content (AvgIpc) is 2.89. The summed E-state index contributed by atoms with van der Waals surface area (Å²) < 4.78 is 1.98. The minimum absolute atomic E-state index is 0.393. The molecule has 4 nitrogen and oxygen atoms in total. The van der Waals surface area contributed by atoms with Gasteiger partial charge in [0, 0.05) is 62.0 Å². The Hall–Kier alpha value is -0.520. The second kappa shape index (κ2) is 7.16. The van der Waals surface area contributed by atoms with Crippen LogP contribution in [-0.4, -0.2) is 52.4 Å². The van der Waals surface area contributed by atoms with Gasteiger partial charge in [0.2, 0.25) is 0 Å². The molecule has 0 radical (unpaired) electrons. The molecule has 1 unspecified atom stereocenters. The lowest BCUT2D eigenvalue weighted by molar-refractivity contribution is 0.297. The molecule has 0 spiro atoms. The van der Waals surface area contributed by atoms with Crippen molar-refractivity contribution in [3.8, 4) is 0 Å². The number of hydrogen-bond donors (Lipinski definition) is 1. The SMILES string of the molecule is CCn1cc(C(C)NCCN2CCSCC2)cn1. The smallest absolute Gasteiger partial charge is 0.0537 e. The van der Waals surface area contributed by atoms with E-state index in [9.17, 15) is 0 Å². The Labute approximate surface area is 114 Å². The Morgan fingerprint density at radius 1 is 1.44 bits per heavy atom. The van der Waals surface area contributed by atoms with E-state index in [0.29, 0.717) is 6.04 Å². The van der Waals surface area contributed by atoms with Crippen molar-refractivity contribution >= 4 is 11.8 Å². The fourth-order valence-electron chi connectivity index (χ4n) is 2.16. The minimum atomic E-state index is 0.393. The summed E-state index contributed by atoms with van der Waals surface area (Å²) in [4.78, 5) is 2.55. The molecule has 2 rings (SSSR count). The molecule has 18 heavy (non-hydrogen) atoms. The maximum atomic E-state index is 4.32. The normalized spacial score (nSPS) is 19.0. The van der Waals surface area contributed by atoms with Crippen molar-refractivity contribution in [2.75, 3.05) is 37.7 Å². The molecule has 1 aliphatic heterocycles. The van der Waals surface area contributed by atoms with Crippen LogP contribution in [0.5, 0.6) is 0 Å². The summed E-state index contributed by atoms with van der Waals surface area (Å²) in [6.45, 7) is 9.98. The largest absolute Gasteiger partial charge is 0.309 e.